The summed E-state index contributed by atoms with van der Waals surface area (Å²) in [4.78, 5) is 0. The lowest BCUT2D eigenvalue weighted by Crippen LogP contribution is -2.45. The van der Waals surface area contributed by atoms with Crippen molar-refractivity contribution < 1.29 is 10.2 Å². The zero-order valence-electron chi connectivity index (χ0n) is 9.04. The van der Waals surface area contributed by atoms with Crippen molar-refractivity contribution in [3.63, 3.8) is 0 Å². The highest BCUT2D eigenvalue weighted by Crippen LogP contribution is 2.31. The second kappa shape index (κ2) is 4.73. The normalized spacial score (nSPS) is 18.1. The Bertz CT molecular complexity index is 377. The number of phenolic OH excluding ortho intramolecular Hbond substituents is 1. The van der Waals surface area contributed by atoms with Gasteiger partial charge in [-0.1, -0.05) is 12.1 Å². The Morgan fingerprint density at radius 3 is 2.75 bits per heavy atom. The minimum atomic E-state index is -0.512. The number of rotatable bonds is 4. The summed E-state index contributed by atoms with van der Waals surface area (Å²) < 4.78 is 0.703. The monoisotopic (exact) mass is 285 g/mol. The number of benzene rings is 1. The van der Waals surface area contributed by atoms with Crippen molar-refractivity contribution in [2.45, 2.75) is 31.4 Å². The summed E-state index contributed by atoms with van der Waals surface area (Å²) in [7, 11) is 0. The van der Waals surface area contributed by atoms with E-state index in [1.54, 1.807) is 6.07 Å². The van der Waals surface area contributed by atoms with Gasteiger partial charge in [-0.15, -0.1) is 0 Å². The second-order valence-electron chi connectivity index (χ2n) is 4.43. The molecule has 1 aliphatic rings. The number of phenols is 1. The zero-order valence-corrected chi connectivity index (χ0v) is 10.6. The van der Waals surface area contributed by atoms with E-state index in [0.717, 1.165) is 24.8 Å². The summed E-state index contributed by atoms with van der Waals surface area (Å²) >= 11 is 3.28. The third kappa shape index (κ3) is 2.56. The van der Waals surface area contributed by atoms with Crippen LogP contribution in [0.2, 0.25) is 0 Å². The van der Waals surface area contributed by atoms with Crippen LogP contribution in [0.1, 0.15) is 24.8 Å². The molecule has 88 valence electrons. The maximum absolute atomic E-state index is 9.88. The Kier molecular flexibility index (Phi) is 3.52. The fraction of sp³-hybridized carbons (Fsp3) is 0.500. The molecular formula is C12H16BrNO2. The van der Waals surface area contributed by atoms with Crippen molar-refractivity contribution in [1.82, 2.24) is 5.32 Å². The van der Waals surface area contributed by atoms with Gasteiger partial charge in [0, 0.05) is 18.7 Å². The van der Waals surface area contributed by atoms with E-state index in [1.165, 1.54) is 0 Å². The molecule has 1 aliphatic carbocycles. The minimum Gasteiger partial charge on any atom is -0.506 e. The number of aliphatic hydroxyl groups is 1. The van der Waals surface area contributed by atoms with E-state index < -0.39 is 5.60 Å². The van der Waals surface area contributed by atoms with Gasteiger partial charge in [-0.25, -0.2) is 0 Å². The molecule has 4 heteroatoms. The maximum atomic E-state index is 9.88. The Morgan fingerprint density at radius 2 is 2.12 bits per heavy atom. The smallest absolute Gasteiger partial charge is 0.134 e. The van der Waals surface area contributed by atoms with E-state index in [-0.39, 0.29) is 5.75 Å². The van der Waals surface area contributed by atoms with Crippen LogP contribution >= 0.6 is 15.9 Å². The topological polar surface area (TPSA) is 52.5 Å². The van der Waals surface area contributed by atoms with E-state index in [0.29, 0.717) is 17.6 Å². The lowest BCUT2D eigenvalue weighted by atomic mass is 9.80. The summed E-state index contributed by atoms with van der Waals surface area (Å²) in [5, 5.41) is 22.8. The summed E-state index contributed by atoms with van der Waals surface area (Å²) in [6, 6.07) is 5.56. The predicted octanol–water partition coefficient (Wildman–Crippen LogP) is 2.16. The molecule has 1 fully saturated rings. The van der Waals surface area contributed by atoms with Crippen molar-refractivity contribution in [2.24, 2.45) is 0 Å². The highest BCUT2D eigenvalue weighted by molar-refractivity contribution is 9.10. The van der Waals surface area contributed by atoms with E-state index in [9.17, 15) is 10.2 Å². The molecule has 0 spiro atoms. The van der Waals surface area contributed by atoms with Gasteiger partial charge in [-0.05, 0) is 41.3 Å². The molecule has 3 nitrogen and oxygen atoms in total. The van der Waals surface area contributed by atoms with Gasteiger partial charge in [0.2, 0.25) is 0 Å². The van der Waals surface area contributed by atoms with Crippen LogP contribution in [0.3, 0.4) is 0 Å². The molecule has 2 rings (SSSR count). The first-order chi connectivity index (χ1) is 7.61. The average molecular weight is 286 g/mol. The van der Waals surface area contributed by atoms with Crippen molar-refractivity contribution in [3.05, 3.63) is 28.2 Å². The molecule has 1 saturated carbocycles. The van der Waals surface area contributed by atoms with Crippen molar-refractivity contribution in [3.8, 4) is 5.75 Å². The molecule has 0 aromatic heterocycles. The van der Waals surface area contributed by atoms with E-state index in [1.807, 2.05) is 12.1 Å². The predicted molar refractivity (Wildman–Crippen MR) is 66.3 cm³/mol. The number of hydrogen-bond acceptors (Lipinski definition) is 3. The highest BCUT2D eigenvalue weighted by atomic mass is 79.9. The van der Waals surface area contributed by atoms with E-state index in [2.05, 4.69) is 21.2 Å². The summed E-state index contributed by atoms with van der Waals surface area (Å²) in [5.41, 5.74) is 0.332. The first kappa shape index (κ1) is 11.9. The average Bonchev–Trinajstić information content (AvgIpc) is 2.22. The molecule has 0 atom stereocenters. The van der Waals surface area contributed by atoms with Gasteiger partial charge in [-0.3, -0.25) is 0 Å². The third-order valence-corrected chi connectivity index (χ3v) is 3.76. The van der Waals surface area contributed by atoms with Gasteiger partial charge in [0.15, 0.2) is 0 Å². The molecule has 1 aromatic rings. The Balaban J connectivity index is 1.87. The van der Waals surface area contributed by atoms with Crippen LogP contribution in [0, 0.1) is 0 Å². The van der Waals surface area contributed by atoms with Crippen LogP contribution in [0.15, 0.2) is 22.7 Å². The van der Waals surface area contributed by atoms with Gasteiger partial charge in [0.05, 0.1) is 10.1 Å². The van der Waals surface area contributed by atoms with Crippen LogP contribution < -0.4 is 5.32 Å². The standard InChI is InChI=1S/C12H16BrNO2/c13-10-4-1-3-9(11(10)15)7-14-8-12(16)5-2-6-12/h1,3-4,14-16H,2,5-8H2. The van der Waals surface area contributed by atoms with E-state index in [4.69, 9.17) is 0 Å². The Hall–Kier alpha value is -0.580. The molecule has 16 heavy (non-hydrogen) atoms. The number of para-hydroxylation sites is 1. The lowest BCUT2D eigenvalue weighted by Gasteiger charge is -2.36. The molecule has 0 radical (unpaired) electrons. The Morgan fingerprint density at radius 1 is 1.38 bits per heavy atom. The van der Waals surface area contributed by atoms with Gasteiger partial charge in [0.25, 0.3) is 0 Å². The molecule has 0 aliphatic heterocycles. The largest absolute Gasteiger partial charge is 0.506 e. The van der Waals surface area contributed by atoms with Gasteiger partial charge in [-0.2, -0.15) is 0 Å². The van der Waals surface area contributed by atoms with Crippen molar-refractivity contribution >= 4 is 15.9 Å². The molecule has 0 bridgehead atoms. The molecule has 0 saturated heterocycles. The van der Waals surface area contributed by atoms with Crippen LogP contribution in [0.25, 0.3) is 0 Å². The number of halogens is 1. The molecule has 3 N–H and O–H groups in total. The lowest BCUT2D eigenvalue weighted by molar-refractivity contribution is -0.0315. The molecule has 0 amide bonds. The summed E-state index contributed by atoms with van der Waals surface area (Å²) in [5.74, 6) is 0.274. The van der Waals surface area contributed by atoms with Gasteiger partial charge in [0.1, 0.15) is 5.75 Å². The summed E-state index contributed by atoms with van der Waals surface area (Å²) in [6.07, 6.45) is 2.87. The van der Waals surface area contributed by atoms with Crippen LogP contribution in [-0.2, 0) is 6.54 Å². The zero-order chi connectivity index (χ0) is 11.6. The van der Waals surface area contributed by atoms with E-state index >= 15 is 0 Å². The number of nitrogens with one attached hydrogen (secondary N) is 1. The second-order valence-corrected chi connectivity index (χ2v) is 5.28. The van der Waals surface area contributed by atoms with Gasteiger partial charge >= 0.3 is 0 Å². The molecule has 0 heterocycles. The fourth-order valence-corrected chi connectivity index (χ4v) is 2.30. The quantitative estimate of drug-likeness (QED) is 0.795. The molecule has 1 aromatic carbocycles. The van der Waals surface area contributed by atoms with Crippen LogP contribution in [0.4, 0.5) is 0 Å². The number of aromatic hydroxyl groups is 1. The SMILES string of the molecule is Oc1c(Br)cccc1CNCC1(O)CCC1. The first-order valence-corrected chi connectivity index (χ1v) is 6.29. The fourth-order valence-electron chi connectivity index (χ4n) is 1.89. The molecule has 0 unspecified atom stereocenters. The molecular weight excluding hydrogens is 270 g/mol. The Labute approximate surface area is 104 Å². The number of hydrogen-bond donors (Lipinski definition) is 3. The minimum absolute atomic E-state index is 0.274. The summed E-state index contributed by atoms with van der Waals surface area (Å²) in [6.45, 7) is 1.17. The van der Waals surface area contributed by atoms with Gasteiger partial charge < -0.3 is 15.5 Å². The third-order valence-electron chi connectivity index (χ3n) is 3.12. The van der Waals surface area contributed by atoms with Crippen molar-refractivity contribution in [2.75, 3.05) is 6.54 Å². The van der Waals surface area contributed by atoms with Crippen LogP contribution in [0.5, 0.6) is 5.75 Å². The highest BCUT2D eigenvalue weighted by Gasteiger charge is 2.33. The van der Waals surface area contributed by atoms with Crippen LogP contribution in [-0.4, -0.2) is 22.4 Å². The maximum Gasteiger partial charge on any atom is 0.134 e. The van der Waals surface area contributed by atoms with Crippen molar-refractivity contribution in [1.29, 1.82) is 0 Å². The first-order valence-electron chi connectivity index (χ1n) is 5.50.